The van der Waals surface area contributed by atoms with Crippen molar-refractivity contribution in [1.82, 2.24) is 19.3 Å². The number of nitrogens with zero attached hydrogens (tertiary/aromatic N) is 4. The minimum absolute atomic E-state index is 0.114. The lowest BCUT2D eigenvalue weighted by molar-refractivity contribution is -0.126. The first-order valence-electron chi connectivity index (χ1n) is 11.2. The highest BCUT2D eigenvalue weighted by atomic mass is 35.5. The Hall–Kier alpha value is -3.82. The van der Waals surface area contributed by atoms with Crippen molar-refractivity contribution in [1.29, 1.82) is 0 Å². The lowest BCUT2D eigenvalue weighted by Gasteiger charge is -2.21. The third-order valence-electron chi connectivity index (χ3n) is 5.94. The zero-order valence-corrected chi connectivity index (χ0v) is 19.5. The first-order chi connectivity index (χ1) is 16.6. The van der Waals surface area contributed by atoms with Gasteiger partial charge < -0.3 is 9.64 Å². The molecule has 3 heterocycles. The number of hydrogen-bond donors (Lipinski definition) is 0. The average Bonchev–Trinajstić information content (AvgIpc) is 3.48. The maximum absolute atomic E-state index is 12.5. The predicted octanol–water partition coefficient (Wildman–Crippen LogP) is 5.32. The molecule has 0 spiro atoms. The summed E-state index contributed by atoms with van der Waals surface area (Å²) in [5.41, 5.74) is 3.68. The van der Waals surface area contributed by atoms with Gasteiger partial charge in [-0.25, -0.2) is 4.98 Å². The molecule has 1 aliphatic heterocycles. The molecule has 0 bridgehead atoms. The molecule has 34 heavy (non-hydrogen) atoms. The SMILES string of the molecule is CC#CC(=O)N1CCCC1c1nc(-c2ccc(OCc3cccc(Cl)c3)cc2)c2cnccn12. The summed E-state index contributed by atoms with van der Waals surface area (Å²) in [5.74, 6) is 6.83. The monoisotopic (exact) mass is 470 g/mol. The maximum atomic E-state index is 12.5. The van der Waals surface area contributed by atoms with Crippen molar-refractivity contribution < 1.29 is 9.53 Å². The van der Waals surface area contributed by atoms with Crippen LogP contribution in [-0.4, -0.2) is 31.7 Å². The Morgan fingerprint density at radius 1 is 1.24 bits per heavy atom. The molecule has 1 saturated heterocycles. The molecule has 0 saturated carbocycles. The molecule has 2 aromatic carbocycles. The molecule has 1 aliphatic rings. The van der Waals surface area contributed by atoms with E-state index >= 15 is 0 Å². The van der Waals surface area contributed by atoms with Crippen molar-refractivity contribution in [3.63, 3.8) is 0 Å². The summed E-state index contributed by atoms with van der Waals surface area (Å²) < 4.78 is 7.95. The smallest absolute Gasteiger partial charge is 0.299 e. The largest absolute Gasteiger partial charge is 0.489 e. The van der Waals surface area contributed by atoms with E-state index in [9.17, 15) is 4.79 Å². The second-order valence-electron chi connectivity index (χ2n) is 8.12. The molecule has 6 nitrogen and oxygen atoms in total. The Morgan fingerprint density at radius 2 is 2.09 bits per heavy atom. The van der Waals surface area contributed by atoms with E-state index in [1.54, 1.807) is 13.1 Å². The fourth-order valence-corrected chi connectivity index (χ4v) is 4.58. The van der Waals surface area contributed by atoms with Gasteiger partial charge in [0.15, 0.2) is 0 Å². The average molecular weight is 471 g/mol. The number of hydrogen-bond acceptors (Lipinski definition) is 4. The van der Waals surface area contributed by atoms with E-state index in [2.05, 4.69) is 16.8 Å². The fourth-order valence-electron chi connectivity index (χ4n) is 4.37. The number of halogens is 1. The second kappa shape index (κ2) is 9.58. The van der Waals surface area contributed by atoms with Crippen molar-refractivity contribution in [3.05, 3.63) is 83.5 Å². The highest BCUT2D eigenvalue weighted by molar-refractivity contribution is 6.30. The zero-order valence-electron chi connectivity index (χ0n) is 18.7. The van der Waals surface area contributed by atoms with E-state index in [0.717, 1.165) is 46.8 Å². The highest BCUT2D eigenvalue weighted by Gasteiger charge is 2.33. The number of rotatable bonds is 5. The van der Waals surface area contributed by atoms with Gasteiger partial charge >= 0.3 is 0 Å². The van der Waals surface area contributed by atoms with E-state index in [1.165, 1.54) is 0 Å². The van der Waals surface area contributed by atoms with Gasteiger partial charge in [-0.05, 0) is 67.6 Å². The molecule has 1 atom stereocenters. The number of fused-ring (bicyclic) bond motifs is 1. The van der Waals surface area contributed by atoms with Crippen LogP contribution in [0.15, 0.2) is 67.1 Å². The summed E-state index contributed by atoms with van der Waals surface area (Å²) in [6.07, 6.45) is 7.23. The summed E-state index contributed by atoms with van der Waals surface area (Å²) in [7, 11) is 0. The molecule has 0 N–H and O–H groups in total. The topological polar surface area (TPSA) is 59.7 Å². The van der Waals surface area contributed by atoms with Crippen molar-refractivity contribution in [2.75, 3.05) is 6.54 Å². The van der Waals surface area contributed by atoms with Gasteiger partial charge in [-0.2, -0.15) is 0 Å². The molecule has 170 valence electrons. The molecule has 2 aromatic heterocycles. The number of carbonyl (C=O) groups excluding carboxylic acids is 1. The van der Waals surface area contributed by atoms with Crippen molar-refractivity contribution in [2.45, 2.75) is 32.4 Å². The third-order valence-corrected chi connectivity index (χ3v) is 6.17. The quantitative estimate of drug-likeness (QED) is 0.370. The van der Waals surface area contributed by atoms with Crippen LogP contribution in [0.5, 0.6) is 5.75 Å². The first kappa shape index (κ1) is 22.0. The molecule has 0 aliphatic carbocycles. The molecule has 0 radical (unpaired) electrons. The lowest BCUT2D eigenvalue weighted by atomic mass is 10.1. The van der Waals surface area contributed by atoms with Crippen LogP contribution in [0.4, 0.5) is 0 Å². The van der Waals surface area contributed by atoms with Gasteiger partial charge in [0, 0.05) is 29.5 Å². The number of aromatic nitrogens is 3. The van der Waals surface area contributed by atoms with E-state index in [-0.39, 0.29) is 11.9 Å². The Morgan fingerprint density at radius 3 is 2.88 bits per heavy atom. The third kappa shape index (κ3) is 4.35. The van der Waals surface area contributed by atoms with Crippen molar-refractivity contribution in [3.8, 4) is 28.8 Å². The van der Waals surface area contributed by atoms with Crippen LogP contribution in [0.1, 0.15) is 37.2 Å². The molecule has 7 heteroatoms. The number of benzene rings is 2. The molecule has 4 aromatic rings. The number of carbonyl (C=O) groups is 1. The molecular weight excluding hydrogens is 448 g/mol. The minimum Gasteiger partial charge on any atom is -0.489 e. The molecule has 1 fully saturated rings. The molecule has 1 unspecified atom stereocenters. The van der Waals surface area contributed by atoms with Crippen LogP contribution in [0.2, 0.25) is 5.02 Å². The van der Waals surface area contributed by atoms with Gasteiger partial charge in [-0.3, -0.25) is 14.2 Å². The summed E-state index contributed by atoms with van der Waals surface area (Å²) in [4.78, 5) is 23.7. The van der Waals surface area contributed by atoms with Crippen LogP contribution < -0.4 is 4.74 Å². The standard InChI is InChI=1S/C27H23ClN4O2/c1-2-5-25(33)31-14-4-8-23(31)27-30-26(24-17-29-13-15-32(24)27)20-9-11-22(12-10-20)34-18-19-6-3-7-21(28)16-19/h3,6-7,9-13,15-17,23H,4,8,14,18H2,1H3. The molecule has 5 rings (SSSR count). The van der Waals surface area contributed by atoms with Gasteiger partial charge in [-0.15, -0.1) is 0 Å². The number of amides is 1. The lowest BCUT2D eigenvalue weighted by Crippen LogP contribution is -2.30. The van der Waals surface area contributed by atoms with Crippen LogP contribution in [0, 0.1) is 11.8 Å². The Kier molecular flexibility index (Phi) is 6.20. The Bertz CT molecular complexity index is 1400. The van der Waals surface area contributed by atoms with E-state index in [1.807, 2.05) is 70.2 Å². The van der Waals surface area contributed by atoms with Gasteiger partial charge in [0.1, 0.15) is 18.2 Å². The van der Waals surface area contributed by atoms with Crippen molar-refractivity contribution in [2.24, 2.45) is 0 Å². The van der Waals surface area contributed by atoms with Crippen molar-refractivity contribution >= 4 is 23.0 Å². The van der Waals surface area contributed by atoms with Crippen LogP contribution in [0.3, 0.4) is 0 Å². The summed E-state index contributed by atoms with van der Waals surface area (Å²) in [6.45, 7) is 2.81. The summed E-state index contributed by atoms with van der Waals surface area (Å²) in [6, 6.07) is 15.4. The molecule has 1 amide bonds. The minimum atomic E-state index is -0.154. The highest BCUT2D eigenvalue weighted by Crippen LogP contribution is 2.35. The van der Waals surface area contributed by atoms with E-state index in [4.69, 9.17) is 21.3 Å². The van der Waals surface area contributed by atoms with Crippen LogP contribution in [0.25, 0.3) is 16.8 Å². The van der Waals surface area contributed by atoms with Gasteiger partial charge in [0.25, 0.3) is 5.91 Å². The summed E-state index contributed by atoms with van der Waals surface area (Å²) >= 11 is 6.06. The zero-order chi connectivity index (χ0) is 23.5. The predicted molar refractivity (Wildman–Crippen MR) is 131 cm³/mol. The van der Waals surface area contributed by atoms with Gasteiger partial charge in [0.2, 0.25) is 0 Å². The number of likely N-dealkylation sites (tertiary alicyclic amines) is 1. The first-order valence-corrected chi connectivity index (χ1v) is 11.5. The van der Waals surface area contributed by atoms with Crippen LogP contribution in [-0.2, 0) is 11.4 Å². The van der Waals surface area contributed by atoms with Gasteiger partial charge in [-0.1, -0.05) is 29.7 Å². The van der Waals surface area contributed by atoms with E-state index in [0.29, 0.717) is 18.2 Å². The Labute approximate surface area is 203 Å². The van der Waals surface area contributed by atoms with Gasteiger partial charge in [0.05, 0.1) is 23.4 Å². The fraction of sp³-hybridized carbons (Fsp3) is 0.222. The number of imidazole rings is 1. The second-order valence-corrected chi connectivity index (χ2v) is 8.56. The van der Waals surface area contributed by atoms with Crippen LogP contribution >= 0.6 is 11.6 Å². The Balaban J connectivity index is 1.43. The molecular formula is C27H23ClN4O2. The van der Waals surface area contributed by atoms with E-state index < -0.39 is 0 Å². The number of ether oxygens (including phenoxy) is 1. The summed E-state index contributed by atoms with van der Waals surface area (Å²) in [5, 5.41) is 0.691. The maximum Gasteiger partial charge on any atom is 0.299 e. The normalized spacial score (nSPS) is 15.2.